The first-order valence-corrected chi connectivity index (χ1v) is 9.07. The number of carbonyl (C=O) groups is 1. The third kappa shape index (κ3) is 3.03. The van der Waals surface area contributed by atoms with Crippen LogP contribution in [-0.2, 0) is 4.79 Å². The minimum Gasteiger partial charge on any atom is -0.444 e. The minimum atomic E-state index is -1.20. The van der Waals surface area contributed by atoms with Gasteiger partial charge in [0.05, 0.1) is 6.20 Å². The zero-order chi connectivity index (χ0) is 17.6. The van der Waals surface area contributed by atoms with Crippen molar-refractivity contribution >= 4 is 49.0 Å². The van der Waals surface area contributed by atoms with Crippen LogP contribution in [0.1, 0.15) is 5.56 Å². The van der Waals surface area contributed by atoms with E-state index in [0.717, 1.165) is 16.8 Å². The summed E-state index contributed by atoms with van der Waals surface area (Å²) in [6.45, 7) is 0. The quantitative estimate of drug-likeness (QED) is 0.397. The van der Waals surface area contributed by atoms with Gasteiger partial charge in [-0.15, -0.1) is 0 Å². The molecule has 1 aliphatic heterocycles. The van der Waals surface area contributed by atoms with Crippen molar-refractivity contribution in [2.75, 3.05) is 5.32 Å². The highest BCUT2D eigenvalue weighted by Gasteiger charge is 2.29. The Balaban J connectivity index is 1.73. The summed E-state index contributed by atoms with van der Waals surface area (Å²) in [5.74, 6) is 0.376. The summed E-state index contributed by atoms with van der Waals surface area (Å²) < 4.78 is 4.73. The van der Waals surface area contributed by atoms with E-state index in [0.29, 0.717) is 15.8 Å². The van der Waals surface area contributed by atoms with Gasteiger partial charge in [0.2, 0.25) is 0 Å². The van der Waals surface area contributed by atoms with E-state index in [4.69, 9.17) is 4.42 Å². The number of halogens is 2. The highest BCUT2D eigenvalue weighted by Crippen LogP contribution is 2.39. The summed E-state index contributed by atoms with van der Waals surface area (Å²) in [5.41, 5.74) is 3.02. The van der Waals surface area contributed by atoms with Crippen molar-refractivity contribution in [3.63, 3.8) is 0 Å². The van der Waals surface area contributed by atoms with Crippen LogP contribution in [0.4, 0.5) is 5.69 Å². The van der Waals surface area contributed by atoms with Gasteiger partial charge in [0.1, 0.15) is 0 Å². The number of nitrogens with zero attached hydrogens (tertiary/aromatic N) is 1. The Hall–Kier alpha value is -1.96. The molecule has 0 bridgehead atoms. The Morgan fingerprint density at radius 1 is 1.40 bits per heavy atom. The van der Waals surface area contributed by atoms with Gasteiger partial charge in [-0.2, -0.15) is 0 Å². The van der Waals surface area contributed by atoms with Gasteiger partial charge in [-0.25, -0.2) is 4.98 Å². The van der Waals surface area contributed by atoms with Crippen LogP contribution in [0.2, 0.25) is 0 Å². The standard InChI is InChI=1S/C18H12Br2N2O3/c19-16-6-10(3-4-18(16,20)24)5-13-12-7-11(15-8-21-9-25-15)1-2-14(12)22-17(13)23/h1-10,24H,(H,22,23)/b13-5-. The summed E-state index contributed by atoms with van der Waals surface area (Å²) >= 11 is 6.55. The normalized spacial score (nSPS) is 26.5. The maximum Gasteiger partial charge on any atom is 0.256 e. The lowest BCUT2D eigenvalue weighted by Gasteiger charge is -2.22. The van der Waals surface area contributed by atoms with Gasteiger partial charge in [0, 0.05) is 32.8 Å². The summed E-state index contributed by atoms with van der Waals surface area (Å²) in [5, 5.41) is 12.9. The fourth-order valence-corrected chi connectivity index (χ4v) is 3.54. The summed E-state index contributed by atoms with van der Waals surface area (Å²) in [6, 6.07) is 5.64. The SMILES string of the molecule is O=C1Nc2ccc(-c3cnco3)cc2/C1=C/C1C=CC(O)(Br)C(Br)=C1. The van der Waals surface area contributed by atoms with Crippen molar-refractivity contribution in [2.45, 2.75) is 4.51 Å². The van der Waals surface area contributed by atoms with E-state index in [9.17, 15) is 9.90 Å². The minimum absolute atomic E-state index is 0.118. The molecule has 1 amide bonds. The number of carbonyl (C=O) groups excluding carboxylic acids is 1. The number of nitrogens with one attached hydrogen (secondary N) is 1. The molecular formula is C18H12Br2N2O3. The fourth-order valence-electron chi connectivity index (χ4n) is 2.82. The molecule has 2 atom stereocenters. The highest BCUT2D eigenvalue weighted by atomic mass is 79.9. The molecule has 25 heavy (non-hydrogen) atoms. The zero-order valence-corrected chi connectivity index (χ0v) is 15.9. The van der Waals surface area contributed by atoms with Crippen molar-refractivity contribution < 1.29 is 14.3 Å². The van der Waals surface area contributed by atoms with Gasteiger partial charge in [0.25, 0.3) is 5.91 Å². The number of allylic oxidation sites excluding steroid dienone is 3. The molecule has 4 rings (SSSR count). The van der Waals surface area contributed by atoms with Gasteiger partial charge in [-0.3, -0.25) is 4.79 Å². The molecule has 2 aliphatic rings. The molecule has 1 aromatic heterocycles. The number of fused-ring (bicyclic) bond motifs is 1. The van der Waals surface area contributed by atoms with Gasteiger partial charge in [0.15, 0.2) is 16.7 Å². The van der Waals surface area contributed by atoms with Crippen molar-refractivity contribution in [1.29, 1.82) is 0 Å². The molecule has 2 heterocycles. The zero-order valence-electron chi connectivity index (χ0n) is 12.7. The van der Waals surface area contributed by atoms with Crippen molar-refractivity contribution in [3.05, 3.63) is 65.1 Å². The molecule has 5 nitrogen and oxygen atoms in total. The predicted molar refractivity (Wildman–Crippen MR) is 102 cm³/mol. The molecule has 2 aromatic rings. The van der Waals surface area contributed by atoms with E-state index in [1.807, 2.05) is 36.4 Å². The molecule has 7 heteroatoms. The Kier molecular flexibility index (Phi) is 4.02. The highest BCUT2D eigenvalue weighted by molar-refractivity contribution is 9.14. The van der Waals surface area contributed by atoms with Crippen LogP contribution in [0, 0.1) is 5.92 Å². The molecule has 0 saturated heterocycles. The Morgan fingerprint density at radius 2 is 2.24 bits per heavy atom. The first kappa shape index (κ1) is 16.5. The van der Waals surface area contributed by atoms with E-state index in [1.165, 1.54) is 6.39 Å². The van der Waals surface area contributed by atoms with E-state index < -0.39 is 4.51 Å². The van der Waals surface area contributed by atoms with Gasteiger partial charge >= 0.3 is 0 Å². The van der Waals surface area contributed by atoms with Crippen LogP contribution >= 0.6 is 31.9 Å². The predicted octanol–water partition coefficient (Wildman–Crippen LogP) is 4.23. The van der Waals surface area contributed by atoms with Crippen LogP contribution < -0.4 is 5.32 Å². The third-order valence-electron chi connectivity index (χ3n) is 4.09. The van der Waals surface area contributed by atoms with Gasteiger partial charge < -0.3 is 14.8 Å². The van der Waals surface area contributed by atoms with Crippen LogP contribution in [-0.4, -0.2) is 20.5 Å². The fraction of sp³-hybridized carbons (Fsp3) is 0.111. The van der Waals surface area contributed by atoms with Crippen molar-refractivity contribution in [3.8, 4) is 11.3 Å². The number of amides is 1. The van der Waals surface area contributed by atoms with Crippen LogP contribution in [0.5, 0.6) is 0 Å². The summed E-state index contributed by atoms with van der Waals surface area (Å²) in [4.78, 5) is 16.3. The number of benzene rings is 1. The lowest BCUT2D eigenvalue weighted by molar-refractivity contribution is -0.110. The summed E-state index contributed by atoms with van der Waals surface area (Å²) in [7, 11) is 0. The second kappa shape index (κ2) is 6.09. The van der Waals surface area contributed by atoms with E-state index in [2.05, 4.69) is 42.2 Å². The number of hydrogen-bond donors (Lipinski definition) is 2. The van der Waals surface area contributed by atoms with Gasteiger partial charge in [-0.05, 0) is 40.2 Å². The van der Waals surface area contributed by atoms with Crippen LogP contribution in [0.15, 0.2) is 64.0 Å². The monoisotopic (exact) mass is 462 g/mol. The molecular weight excluding hydrogens is 452 g/mol. The van der Waals surface area contributed by atoms with Crippen LogP contribution in [0.3, 0.4) is 0 Å². The lowest BCUT2D eigenvalue weighted by Crippen LogP contribution is -2.20. The topological polar surface area (TPSA) is 75.4 Å². The average molecular weight is 464 g/mol. The van der Waals surface area contributed by atoms with Gasteiger partial charge in [-0.1, -0.05) is 34.2 Å². The first-order valence-electron chi connectivity index (χ1n) is 7.49. The third-order valence-corrected chi connectivity index (χ3v) is 6.18. The van der Waals surface area contributed by atoms with E-state index in [-0.39, 0.29) is 11.8 Å². The van der Waals surface area contributed by atoms with Crippen molar-refractivity contribution in [1.82, 2.24) is 4.98 Å². The second-order valence-corrected chi connectivity index (χ2v) is 7.85. The molecule has 1 aromatic carbocycles. The molecule has 2 unspecified atom stereocenters. The number of aromatic nitrogens is 1. The smallest absolute Gasteiger partial charge is 0.256 e. The Labute approximate surface area is 160 Å². The van der Waals surface area contributed by atoms with Crippen molar-refractivity contribution in [2.24, 2.45) is 5.92 Å². The molecule has 2 N–H and O–H groups in total. The average Bonchev–Trinajstić information content (AvgIpc) is 3.20. The molecule has 0 saturated carbocycles. The molecule has 126 valence electrons. The largest absolute Gasteiger partial charge is 0.444 e. The van der Waals surface area contributed by atoms with E-state index >= 15 is 0 Å². The lowest BCUT2D eigenvalue weighted by atomic mass is 9.95. The summed E-state index contributed by atoms with van der Waals surface area (Å²) in [6.07, 6.45) is 10.2. The van der Waals surface area contributed by atoms with E-state index in [1.54, 1.807) is 12.3 Å². The first-order chi connectivity index (χ1) is 11.9. The number of anilines is 1. The number of aliphatic hydroxyl groups is 1. The number of oxazole rings is 1. The maximum atomic E-state index is 12.4. The van der Waals surface area contributed by atoms with Crippen LogP contribution in [0.25, 0.3) is 16.9 Å². The molecule has 1 aliphatic carbocycles. The second-order valence-electron chi connectivity index (χ2n) is 5.78. The molecule has 0 spiro atoms. The number of rotatable bonds is 2. The maximum absolute atomic E-state index is 12.4. The molecule has 0 radical (unpaired) electrons. The Morgan fingerprint density at radius 3 is 2.96 bits per heavy atom. The number of hydrogen-bond acceptors (Lipinski definition) is 4. The number of alkyl halides is 1. The molecule has 0 fully saturated rings. The Bertz CT molecular complexity index is 943.